The van der Waals surface area contributed by atoms with Crippen LogP contribution in [-0.2, 0) is 20.7 Å². The van der Waals surface area contributed by atoms with Crippen molar-refractivity contribution in [2.45, 2.75) is 133 Å². The van der Waals surface area contributed by atoms with Crippen molar-refractivity contribution < 1.29 is 39.4 Å². The number of carbonyl (C=O) groups excluding carboxylic acids is 1. The van der Waals surface area contributed by atoms with Crippen LogP contribution in [0.4, 0.5) is 0 Å². The Morgan fingerprint density at radius 2 is 1.76 bits per heavy atom. The third-order valence-corrected chi connectivity index (χ3v) is 11.1. The van der Waals surface area contributed by atoms with Gasteiger partial charge in [-0.1, -0.05) is 51.9 Å². The van der Waals surface area contributed by atoms with Crippen LogP contribution in [-0.4, -0.2) is 99.3 Å². The molecule has 3 saturated heterocycles. The highest BCUT2D eigenvalue weighted by Crippen LogP contribution is 2.51. The highest BCUT2D eigenvalue weighted by atomic mass is 16.7. The van der Waals surface area contributed by atoms with E-state index in [2.05, 4.69) is 28.9 Å². The van der Waals surface area contributed by atoms with Gasteiger partial charge in [0.1, 0.15) is 30.2 Å². The summed E-state index contributed by atoms with van der Waals surface area (Å²) in [7, 11) is 0. The first-order valence-corrected chi connectivity index (χ1v) is 17.9. The Balaban J connectivity index is 0.862. The van der Waals surface area contributed by atoms with Gasteiger partial charge in [0, 0.05) is 54.7 Å². The average molecular weight is 643 g/mol. The summed E-state index contributed by atoms with van der Waals surface area (Å²) in [5.41, 5.74) is 4.04. The zero-order valence-electron chi connectivity index (χ0n) is 27.3. The summed E-state index contributed by atoms with van der Waals surface area (Å²) >= 11 is 0. The number of piperidine rings is 2. The van der Waals surface area contributed by atoms with E-state index >= 15 is 0 Å². The molecule has 2 aromatic rings. The van der Waals surface area contributed by atoms with Gasteiger partial charge < -0.3 is 39.6 Å². The Labute approximate surface area is 272 Å². The van der Waals surface area contributed by atoms with Crippen molar-refractivity contribution in [3.63, 3.8) is 0 Å². The van der Waals surface area contributed by atoms with Gasteiger partial charge in [-0.25, -0.2) is 0 Å². The third kappa shape index (κ3) is 7.33. The van der Waals surface area contributed by atoms with Crippen LogP contribution in [0.2, 0.25) is 0 Å². The molecule has 1 aliphatic carbocycles. The normalized spacial score (nSPS) is 33.6. The van der Waals surface area contributed by atoms with Gasteiger partial charge in [0.15, 0.2) is 6.29 Å². The van der Waals surface area contributed by atoms with Crippen molar-refractivity contribution in [3.05, 3.63) is 29.5 Å². The summed E-state index contributed by atoms with van der Waals surface area (Å²) in [4.78, 5) is 19.2. The number of H-pyrrole nitrogens is 1. The van der Waals surface area contributed by atoms with E-state index in [4.69, 9.17) is 14.2 Å². The highest BCUT2D eigenvalue weighted by molar-refractivity contribution is 5.87. The molecule has 256 valence electrons. The third-order valence-electron chi connectivity index (χ3n) is 11.1. The molecule has 10 nitrogen and oxygen atoms in total. The first-order valence-electron chi connectivity index (χ1n) is 17.9. The quantitative estimate of drug-likeness (QED) is 0.110. The molecule has 46 heavy (non-hydrogen) atoms. The number of nitrogens with zero attached hydrogens (tertiary/aromatic N) is 1. The van der Waals surface area contributed by atoms with Gasteiger partial charge in [-0.2, -0.15) is 0 Å². The molecule has 0 radical (unpaired) electrons. The van der Waals surface area contributed by atoms with Crippen molar-refractivity contribution in [3.8, 4) is 5.75 Å². The summed E-state index contributed by atoms with van der Waals surface area (Å²) in [5.74, 6) is 2.69. The number of fused-ring (bicyclic) bond motifs is 4. The molecular formula is C36H54N2O8. The van der Waals surface area contributed by atoms with E-state index in [1.165, 1.54) is 42.5 Å². The van der Waals surface area contributed by atoms with Crippen LogP contribution in [0.5, 0.6) is 5.75 Å². The van der Waals surface area contributed by atoms with Crippen LogP contribution in [0.25, 0.3) is 10.9 Å². The van der Waals surface area contributed by atoms with Gasteiger partial charge in [-0.3, -0.25) is 9.69 Å². The molecule has 5 heterocycles. The Morgan fingerprint density at radius 3 is 2.52 bits per heavy atom. The fourth-order valence-electron chi connectivity index (χ4n) is 8.75. The topological polar surface area (TPSA) is 145 Å². The number of rotatable bonds is 15. The van der Waals surface area contributed by atoms with E-state index in [9.17, 15) is 25.2 Å². The second-order valence-electron chi connectivity index (χ2n) is 14.2. The number of aromatic amines is 1. The van der Waals surface area contributed by atoms with Crippen LogP contribution in [0.1, 0.15) is 101 Å². The van der Waals surface area contributed by atoms with Crippen LogP contribution >= 0.6 is 0 Å². The number of nitrogens with one attached hydrogen (secondary N) is 1. The number of esters is 1. The molecule has 7 rings (SSSR count). The van der Waals surface area contributed by atoms with Crippen molar-refractivity contribution in [2.75, 3.05) is 26.3 Å². The number of hydrogen-bond donors (Lipinski definition) is 5. The lowest BCUT2D eigenvalue weighted by Gasteiger charge is -2.53. The predicted octanol–water partition coefficient (Wildman–Crippen LogP) is 4.16. The number of aromatic nitrogens is 1. The van der Waals surface area contributed by atoms with E-state index < -0.39 is 37.3 Å². The predicted molar refractivity (Wildman–Crippen MR) is 174 cm³/mol. The van der Waals surface area contributed by atoms with Gasteiger partial charge in [0.05, 0.1) is 6.61 Å². The molecule has 4 fully saturated rings. The van der Waals surface area contributed by atoms with E-state index in [0.29, 0.717) is 30.7 Å². The number of carbonyl (C=O) groups is 1. The lowest BCUT2D eigenvalue weighted by molar-refractivity contribution is -0.301. The molecule has 3 unspecified atom stereocenters. The smallest absolute Gasteiger partial charge is 0.311 e. The minimum Gasteiger partial charge on any atom is -0.427 e. The summed E-state index contributed by atoms with van der Waals surface area (Å²) in [6.45, 7) is 4.64. The largest absolute Gasteiger partial charge is 0.427 e. The lowest BCUT2D eigenvalue weighted by Crippen LogP contribution is -2.59. The highest BCUT2D eigenvalue weighted by Gasteiger charge is 2.48. The number of aliphatic hydroxyl groups excluding tert-OH is 4. The van der Waals surface area contributed by atoms with Crippen LogP contribution in [0.15, 0.2) is 18.2 Å². The lowest BCUT2D eigenvalue weighted by atomic mass is 9.65. The molecule has 1 saturated carbocycles. The van der Waals surface area contributed by atoms with Gasteiger partial charge in [0.25, 0.3) is 0 Å². The maximum atomic E-state index is 12.7. The fourth-order valence-corrected chi connectivity index (χ4v) is 8.75. The SMILES string of the molecule is CC[C@H]1C[C@H]2C[C@H]3c4[nH]c5ccc(OC(=O)CCCCCCCCCCOC6O[C@H](CO)[C@@H](O)[C@H](O)[C@H]6O)cc5c4CCN(C2)C13. The standard InChI is InChI=1S/C36H54N2O8/c1-2-23-17-22-18-27-31-25(14-15-38(20-22)32(23)27)26-19-24(12-13-28(26)37-31)45-30(40)11-9-7-5-3-4-6-8-10-16-44-36-35(43)34(42)33(41)29(21-39)46-36/h12-13,19,22-23,27,29,32-37,39,41-43H,2-11,14-18,20-21H2,1H3/t22-,23-,27-,29+,32?,33+,34-,35+,36?/m0/s1. The minimum absolute atomic E-state index is 0.162. The molecule has 10 atom stereocenters. The number of benzene rings is 1. The Hall–Kier alpha value is -2.05. The first-order chi connectivity index (χ1) is 22.4. The monoisotopic (exact) mass is 642 g/mol. The first kappa shape index (κ1) is 33.8. The van der Waals surface area contributed by atoms with Gasteiger partial charge in [-0.15, -0.1) is 0 Å². The molecule has 1 aromatic heterocycles. The number of ether oxygens (including phenoxy) is 3. The molecule has 4 aliphatic heterocycles. The summed E-state index contributed by atoms with van der Waals surface area (Å²) in [6.07, 6.45) is 7.21. The van der Waals surface area contributed by atoms with Crippen LogP contribution in [0, 0.1) is 11.8 Å². The maximum absolute atomic E-state index is 12.7. The number of unbranched alkanes of at least 4 members (excludes halogenated alkanes) is 7. The number of aliphatic hydroxyl groups is 4. The molecule has 5 aliphatic rings. The van der Waals surface area contributed by atoms with Gasteiger partial charge >= 0.3 is 5.97 Å². The Morgan fingerprint density at radius 1 is 1.00 bits per heavy atom. The summed E-state index contributed by atoms with van der Waals surface area (Å²) < 4.78 is 16.7. The number of hydrogen-bond acceptors (Lipinski definition) is 9. The zero-order chi connectivity index (χ0) is 32.2. The second-order valence-corrected chi connectivity index (χ2v) is 14.2. The Bertz CT molecular complexity index is 1300. The maximum Gasteiger partial charge on any atom is 0.311 e. The van der Waals surface area contributed by atoms with E-state index in [1.54, 1.807) is 0 Å². The fraction of sp³-hybridized carbons (Fsp3) is 0.750. The van der Waals surface area contributed by atoms with Crippen molar-refractivity contribution in [1.82, 2.24) is 9.88 Å². The molecular weight excluding hydrogens is 588 g/mol. The van der Waals surface area contributed by atoms with Gasteiger partial charge in [0.2, 0.25) is 0 Å². The van der Waals surface area contributed by atoms with Crippen LogP contribution < -0.4 is 4.74 Å². The van der Waals surface area contributed by atoms with Crippen molar-refractivity contribution >= 4 is 16.9 Å². The van der Waals surface area contributed by atoms with Gasteiger partial charge in [-0.05, 0) is 67.7 Å². The summed E-state index contributed by atoms with van der Waals surface area (Å²) in [5, 5.41) is 40.2. The molecule has 5 N–H and O–H groups in total. The molecule has 0 spiro atoms. The molecule has 10 heteroatoms. The minimum atomic E-state index is -1.41. The van der Waals surface area contributed by atoms with E-state index in [-0.39, 0.29) is 5.97 Å². The molecule has 1 aromatic carbocycles. The zero-order valence-corrected chi connectivity index (χ0v) is 27.3. The second kappa shape index (κ2) is 15.4. The molecule has 4 bridgehead atoms. The van der Waals surface area contributed by atoms with Crippen LogP contribution in [0.3, 0.4) is 0 Å². The summed E-state index contributed by atoms with van der Waals surface area (Å²) in [6, 6.07) is 6.76. The van der Waals surface area contributed by atoms with E-state index in [1.807, 2.05) is 6.07 Å². The van der Waals surface area contributed by atoms with Crippen molar-refractivity contribution in [1.29, 1.82) is 0 Å². The van der Waals surface area contributed by atoms with Crippen molar-refractivity contribution in [2.24, 2.45) is 11.8 Å². The Kier molecular flexibility index (Phi) is 11.4. The van der Waals surface area contributed by atoms with E-state index in [0.717, 1.165) is 81.7 Å². The molecule has 0 amide bonds. The average Bonchev–Trinajstić information content (AvgIpc) is 3.38.